The lowest BCUT2D eigenvalue weighted by atomic mass is 9.70. The maximum absolute atomic E-state index is 2.59. The van der Waals surface area contributed by atoms with Gasteiger partial charge in [-0.3, -0.25) is 0 Å². The average molecular weight is 792 g/mol. The van der Waals surface area contributed by atoms with E-state index >= 15 is 0 Å². The van der Waals surface area contributed by atoms with Crippen LogP contribution < -0.4 is 4.90 Å². The first kappa shape index (κ1) is 34.4. The molecule has 0 aliphatic heterocycles. The molecule has 2 heteroatoms. The van der Waals surface area contributed by atoms with Gasteiger partial charge in [0, 0.05) is 26.6 Å². The number of benzene rings is 10. The second-order valence-corrected chi connectivity index (χ2v) is 17.3. The number of fused-ring (bicyclic) bond motifs is 14. The smallest absolute Gasteiger partial charge is 0.0726 e. The predicted molar refractivity (Wildman–Crippen MR) is 259 cm³/mol. The van der Waals surface area contributed by atoms with Crippen LogP contribution in [0.15, 0.2) is 224 Å². The first-order valence-corrected chi connectivity index (χ1v) is 21.9. The molecule has 0 N–H and O–H groups in total. The Bertz CT molecular complexity index is 3510. The Morgan fingerprint density at radius 3 is 1.61 bits per heavy atom. The lowest BCUT2D eigenvalue weighted by molar-refractivity contribution is 0.794. The first-order valence-electron chi connectivity index (χ1n) is 21.1. The lowest BCUT2D eigenvalue weighted by Crippen LogP contribution is -2.26. The summed E-state index contributed by atoms with van der Waals surface area (Å²) in [6, 6.07) is 83.5. The molecule has 0 atom stereocenters. The highest BCUT2D eigenvalue weighted by Gasteiger charge is 2.52. The molecule has 1 aromatic heterocycles. The van der Waals surface area contributed by atoms with E-state index in [2.05, 4.69) is 229 Å². The summed E-state index contributed by atoms with van der Waals surface area (Å²) in [7, 11) is 0. The normalized spacial score (nSPS) is 13.0. The van der Waals surface area contributed by atoms with Crippen molar-refractivity contribution < 1.29 is 0 Å². The second kappa shape index (κ2) is 13.2. The van der Waals surface area contributed by atoms with Crippen molar-refractivity contribution in [3.05, 3.63) is 247 Å². The van der Waals surface area contributed by atoms with Gasteiger partial charge in [0.1, 0.15) is 0 Å². The zero-order valence-electron chi connectivity index (χ0n) is 33.2. The first-order chi connectivity index (χ1) is 30.3. The summed E-state index contributed by atoms with van der Waals surface area (Å²) in [5.74, 6) is 0. The Hall–Kier alpha value is -7.52. The monoisotopic (exact) mass is 791 g/mol. The van der Waals surface area contributed by atoms with Gasteiger partial charge in [0.05, 0.1) is 27.2 Å². The van der Waals surface area contributed by atoms with Crippen LogP contribution >= 0.6 is 11.3 Å². The van der Waals surface area contributed by atoms with E-state index in [1.807, 2.05) is 11.3 Å². The molecule has 2 aliphatic rings. The summed E-state index contributed by atoms with van der Waals surface area (Å²) in [5.41, 5.74) is 18.5. The van der Waals surface area contributed by atoms with Crippen LogP contribution in [0.3, 0.4) is 0 Å². The third-order valence-electron chi connectivity index (χ3n) is 13.3. The van der Waals surface area contributed by atoms with Crippen LogP contribution in [0.25, 0.3) is 75.5 Å². The molecule has 13 rings (SSSR count). The fourth-order valence-electron chi connectivity index (χ4n) is 10.8. The minimum absolute atomic E-state index is 0.452. The quantitative estimate of drug-likeness (QED) is 0.168. The Morgan fingerprint density at radius 1 is 0.311 bits per heavy atom. The Kier molecular flexibility index (Phi) is 7.46. The largest absolute Gasteiger partial charge is 0.308 e. The van der Waals surface area contributed by atoms with E-state index in [9.17, 15) is 0 Å². The molecule has 1 spiro atoms. The van der Waals surface area contributed by atoms with Gasteiger partial charge in [-0.25, -0.2) is 0 Å². The standard InChI is InChI=1S/C59H37NS/c1-2-18-39(19-3-1)43-25-14-26-46-47-27-15-34-55(58(47)61-57(43)46)60(53-32-13-9-21-42(53)41-36-35-38-17-4-5-20-40(38)37-41)54-33-16-31-52-56(54)48-24-8-12-30-51(48)59(52)49-28-10-6-22-44(49)45-23-7-11-29-50(45)59/h1-37H. The van der Waals surface area contributed by atoms with Gasteiger partial charge in [0.2, 0.25) is 0 Å². The van der Waals surface area contributed by atoms with E-state index < -0.39 is 5.41 Å². The molecule has 2 aliphatic carbocycles. The number of anilines is 3. The number of hydrogen-bond acceptors (Lipinski definition) is 2. The van der Waals surface area contributed by atoms with Gasteiger partial charge in [0.15, 0.2) is 0 Å². The van der Waals surface area contributed by atoms with Crippen molar-refractivity contribution in [3.63, 3.8) is 0 Å². The highest BCUT2D eigenvalue weighted by Crippen LogP contribution is 2.65. The Morgan fingerprint density at radius 2 is 0.836 bits per heavy atom. The lowest BCUT2D eigenvalue weighted by Gasteiger charge is -2.32. The van der Waals surface area contributed by atoms with Gasteiger partial charge < -0.3 is 4.90 Å². The van der Waals surface area contributed by atoms with E-state index in [0.717, 1.165) is 5.69 Å². The summed E-state index contributed by atoms with van der Waals surface area (Å²) < 4.78 is 2.57. The summed E-state index contributed by atoms with van der Waals surface area (Å²) in [4.78, 5) is 2.59. The predicted octanol–water partition coefficient (Wildman–Crippen LogP) is 16.4. The Labute approximate surface area is 359 Å². The number of nitrogens with zero attached hydrogens (tertiary/aromatic N) is 1. The van der Waals surface area contributed by atoms with Crippen LogP contribution in [0.2, 0.25) is 0 Å². The van der Waals surface area contributed by atoms with Crippen LogP contribution in [0.4, 0.5) is 17.1 Å². The van der Waals surface area contributed by atoms with Gasteiger partial charge in [-0.2, -0.15) is 0 Å². The highest BCUT2D eigenvalue weighted by molar-refractivity contribution is 7.27. The SMILES string of the molecule is c1ccc(-c2cccc3c2sc2c(N(c4ccccc4-c4ccc5ccccc5c4)c4cccc5c4-c4ccccc4C54c5ccccc5-c5ccccc54)cccc23)cc1. The molecule has 0 bridgehead atoms. The van der Waals surface area contributed by atoms with E-state index in [0.29, 0.717) is 0 Å². The zero-order valence-corrected chi connectivity index (χ0v) is 34.0. The van der Waals surface area contributed by atoms with Crippen molar-refractivity contribution in [2.45, 2.75) is 5.41 Å². The third kappa shape index (κ3) is 4.83. The fraction of sp³-hybridized carbons (Fsp3) is 0.0169. The van der Waals surface area contributed by atoms with E-state index in [1.54, 1.807) is 0 Å². The van der Waals surface area contributed by atoms with Crippen LogP contribution in [-0.2, 0) is 5.41 Å². The van der Waals surface area contributed by atoms with E-state index in [4.69, 9.17) is 0 Å². The van der Waals surface area contributed by atoms with Crippen molar-refractivity contribution in [1.82, 2.24) is 0 Å². The molecule has 0 saturated heterocycles. The zero-order chi connectivity index (χ0) is 40.1. The molecule has 0 fully saturated rings. The fourth-order valence-corrected chi connectivity index (χ4v) is 12.1. The molecule has 10 aromatic carbocycles. The molecule has 0 unspecified atom stereocenters. The molecular weight excluding hydrogens is 755 g/mol. The van der Waals surface area contributed by atoms with Crippen molar-refractivity contribution in [1.29, 1.82) is 0 Å². The molecule has 0 saturated carbocycles. The summed E-state index contributed by atoms with van der Waals surface area (Å²) >= 11 is 1.91. The van der Waals surface area contributed by atoms with Gasteiger partial charge >= 0.3 is 0 Å². The third-order valence-corrected chi connectivity index (χ3v) is 14.6. The summed E-state index contributed by atoms with van der Waals surface area (Å²) in [5, 5.41) is 5.03. The Balaban J connectivity index is 1.14. The summed E-state index contributed by atoms with van der Waals surface area (Å²) in [6.45, 7) is 0. The van der Waals surface area contributed by atoms with Gasteiger partial charge in [-0.05, 0) is 90.7 Å². The van der Waals surface area contributed by atoms with Crippen LogP contribution in [0.1, 0.15) is 22.3 Å². The van der Waals surface area contributed by atoms with Crippen LogP contribution in [-0.4, -0.2) is 0 Å². The maximum Gasteiger partial charge on any atom is 0.0726 e. The number of para-hydroxylation sites is 1. The average Bonchev–Trinajstić information content (AvgIpc) is 3.97. The number of hydrogen-bond donors (Lipinski definition) is 0. The molecule has 1 heterocycles. The highest BCUT2D eigenvalue weighted by atomic mass is 32.1. The number of thiophene rings is 1. The molecule has 284 valence electrons. The number of rotatable bonds is 5. The van der Waals surface area contributed by atoms with Gasteiger partial charge in [-0.1, -0.05) is 200 Å². The minimum Gasteiger partial charge on any atom is -0.308 e. The molecule has 0 radical (unpaired) electrons. The molecule has 11 aromatic rings. The van der Waals surface area contributed by atoms with Crippen molar-refractivity contribution in [2.75, 3.05) is 4.90 Å². The summed E-state index contributed by atoms with van der Waals surface area (Å²) in [6.07, 6.45) is 0. The van der Waals surface area contributed by atoms with E-state index in [-0.39, 0.29) is 0 Å². The molecule has 1 nitrogen and oxygen atoms in total. The molecule has 61 heavy (non-hydrogen) atoms. The second-order valence-electron chi connectivity index (χ2n) is 16.3. The van der Waals surface area contributed by atoms with Crippen LogP contribution in [0, 0.1) is 0 Å². The van der Waals surface area contributed by atoms with Crippen molar-refractivity contribution in [2.24, 2.45) is 0 Å². The van der Waals surface area contributed by atoms with Crippen LogP contribution in [0.5, 0.6) is 0 Å². The van der Waals surface area contributed by atoms with Crippen molar-refractivity contribution in [3.8, 4) is 44.5 Å². The minimum atomic E-state index is -0.452. The molecular formula is C59H37NS. The van der Waals surface area contributed by atoms with Gasteiger partial charge in [0.25, 0.3) is 0 Å². The maximum atomic E-state index is 2.59. The topological polar surface area (TPSA) is 3.24 Å². The van der Waals surface area contributed by atoms with E-state index in [1.165, 1.54) is 109 Å². The molecule has 0 amide bonds. The van der Waals surface area contributed by atoms with Gasteiger partial charge in [-0.15, -0.1) is 11.3 Å². The van der Waals surface area contributed by atoms with Crippen molar-refractivity contribution >= 4 is 59.3 Å².